The van der Waals surface area contributed by atoms with Gasteiger partial charge in [-0.3, -0.25) is 0 Å². The molecular weight excluding hydrogens is 216 g/mol. The molecule has 0 aromatic rings. The van der Waals surface area contributed by atoms with Crippen LogP contribution in [0, 0.1) is 5.92 Å². The molecule has 17 heavy (non-hydrogen) atoms. The highest BCUT2D eigenvalue weighted by Gasteiger charge is 2.31. The Morgan fingerprint density at radius 2 is 1.94 bits per heavy atom. The SMILES string of the molecule is CC1CCC(O)(CNCC(O)CN(C)C)CC1. The molecule has 0 aromatic carbocycles. The average Bonchev–Trinajstić information content (AvgIpc) is 2.22. The summed E-state index contributed by atoms with van der Waals surface area (Å²) in [6.45, 7) is 4.05. The van der Waals surface area contributed by atoms with Crippen molar-refractivity contribution in [3.8, 4) is 0 Å². The van der Waals surface area contributed by atoms with Gasteiger partial charge >= 0.3 is 0 Å². The van der Waals surface area contributed by atoms with Gasteiger partial charge in [-0.25, -0.2) is 0 Å². The maximum Gasteiger partial charge on any atom is 0.0791 e. The van der Waals surface area contributed by atoms with Gasteiger partial charge in [0.2, 0.25) is 0 Å². The van der Waals surface area contributed by atoms with Gasteiger partial charge in [0.1, 0.15) is 0 Å². The number of aliphatic hydroxyl groups excluding tert-OH is 1. The molecule has 3 N–H and O–H groups in total. The fourth-order valence-electron chi connectivity index (χ4n) is 2.43. The van der Waals surface area contributed by atoms with Crippen LogP contribution < -0.4 is 5.32 Å². The zero-order valence-corrected chi connectivity index (χ0v) is 11.4. The molecule has 1 rings (SSSR count). The highest BCUT2D eigenvalue weighted by Crippen LogP contribution is 2.31. The van der Waals surface area contributed by atoms with Gasteiger partial charge in [0.15, 0.2) is 0 Å². The van der Waals surface area contributed by atoms with Crippen LogP contribution in [-0.4, -0.2) is 60.5 Å². The van der Waals surface area contributed by atoms with Crippen LogP contribution in [0.3, 0.4) is 0 Å². The summed E-state index contributed by atoms with van der Waals surface area (Å²) in [6.07, 6.45) is 3.61. The summed E-state index contributed by atoms with van der Waals surface area (Å²) in [6, 6.07) is 0. The molecule has 102 valence electrons. The molecule has 1 saturated carbocycles. The summed E-state index contributed by atoms with van der Waals surface area (Å²) >= 11 is 0. The van der Waals surface area contributed by atoms with Crippen LogP contribution in [0.1, 0.15) is 32.6 Å². The first-order valence-corrected chi connectivity index (χ1v) is 6.67. The fourth-order valence-corrected chi connectivity index (χ4v) is 2.43. The summed E-state index contributed by atoms with van der Waals surface area (Å²) < 4.78 is 0. The lowest BCUT2D eigenvalue weighted by atomic mass is 9.79. The van der Waals surface area contributed by atoms with E-state index in [2.05, 4.69) is 12.2 Å². The van der Waals surface area contributed by atoms with Gasteiger partial charge in [-0.15, -0.1) is 0 Å². The minimum atomic E-state index is -0.551. The third-order valence-corrected chi connectivity index (χ3v) is 3.61. The number of rotatable bonds is 6. The smallest absolute Gasteiger partial charge is 0.0791 e. The molecule has 1 aliphatic rings. The summed E-state index contributed by atoms with van der Waals surface area (Å²) in [5.41, 5.74) is -0.551. The molecule has 0 aliphatic heterocycles. The Morgan fingerprint density at radius 1 is 1.35 bits per heavy atom. The molecule has 1 unspecified atom stereocenters. The molecule has 0 amide bonds. The standard InChI is InChI=1S/C13H28N2O2/c1-11-4-6-13(17,7-5-11)10-14-8-12(16)9-15(2)3/h11-12,14,16-17H,4-10H2,1-3H3. The fraction of sp³-hybridized carbons (Fsp3) is 1.00. The van der Waals surface area contributed by atoms with E-state index in [0.29, 0.717) is 19.6 Å². The molecule has 1 atom stereocenters. The van der Waals surface area contributed by atoms with E-state index in [-0.39, 0.29) is 6.10 Å². The Morgan fingerprint density at radius 3 is 2.47 bits per heavy atom. The molecule has 0 spiro atoms. The van der Waals surface area contributed by atoms with Crippen LogP contribution >= 0.6 is 0 Å². The van der Waals surface area contributed by atoms with Crippen molar-refractivity contribution in [3.05, 3.63) is 0 Å². The topological polar surface area (TPSA) is 55.7 Å². The predicted molar refractivity (Wildman–Crippen MR) is 70.0 cm³/mol. The third-order valence-electron chi connectivity index (χ3n) is 3.61. The first-order chi connectivity index (χ1) is 7.91. The molecule has 0 radical (unpaired) electrons. The van der Waals surface area contributed by atoms with E-state index in [1.807, 2.05) is 19.0 Å². The Bertz CT molecular complexity index is 213. The molecule has 0 heterocycles. The van der Waals surface area contributed by atoms with Crippen molar-refractivity contribution in [2.75, 3.05) is 33.7 Å². The van der Waals surface area contributed by atoms with E-state index in [1.165, 1.54) is 0 Å². The Kier molecular flexibility index (Phi) is 5.86. The maximum absolute atomic E-state index is 10.3. The second kappa shape index (κ2) is 6.69. The summed E-state index contributed by atoms with van der Waals surface area (Å²) in [4.78, 5) is 1.96. The zero-order valence-electron chi connectivity index (χ0n) is 11.4. The minimum Gasteiger partial charge on any atom is -0.390 e. The number of hydrogen-bond acceptors (Lipinski definition) is 4. The Hall–Kier alpha value is -0.160. The van der Waals surface area contributed by atoms with Crippen LogP contribution in [0.2, 0.25) is 0 Å². The van der Waals surface area contributed by atoms with E-state index >= 15 is 0 Å². The van der Waals surface area contributed by atoms with E-state index in [1.54, 1.807) is 0 Å². The zero-order chi connectivity index (χ0) is 12.9. The first-order valence-electron chi connectivity index (χ1n) is 6.67. The number of hydrogen-bond donors (Lipinski definition) is 3. The molecule has 0 saturated heterocycles. The molecule has 0 aromatic heterocycles. The maximum atomic E-state index is 10.3. The monoisotopic (exact) mass is 244 g/mol. The largest absolute Gasteiger partial charge is 0.390 e. The van der Waals surface area contributed by atoms with Gasteiger partial charge in [-0.05, 0) is 45.7 Å². The van der Waals surface area contributed by atoms with Gasteiger partial charge in [-0.1, -0.05) is 6.92 Å². The second-order valence-electron chi connectivity index (χ2n) is 5.95. The van der Waals surface area contributed by atoms with Gasteiger partial charge in [-0.2, -0.15) is 0 Å². The van der Waals surface area contributed by atoms with E-state index in [0.717, 1.165) is 31.6 Å². The number of aliphatic hydroxyl groups is 2. The van der Waals surface area contributed by atoms with Crippen molar-refractivity contribution in [2.45, 2.75) is 44.3 Å². The molecule has 0 bridgehead atoms. The van der Waals surface area contributed by atoms with Crippen molar-refractivity contribution >= 4 is 0 Å². The van der Waals surface area contributed by atoms with Gasteiger partial charge in [0.05, 0.1) is 11.7 Å². The van der Waals surface area contributed by atoms with Crippen molar-refractivity contribution in [2.24, 2.45) is 5.92 Å². The van der Waals surface area contributed by atoms with Crippen molar-refractivity contribution < 1.29 is 10.2 Å². The van der Waals surface area contributed by atoms with Crippen LogP contribution in [0.25, 0.3) is 0 Å². The lowest BCUT2D eigenvalue weighted by Crippen LogP contribution is -2.46. The van der Waals surface area contributed by atoms with Gasteiger partial charge in [0.25, 0.3) is 0 Å². The highest BCUT2D eigenvalue weighted by molar-refractivity contribution is 4.86. The summed E-state index contributed by atoms with van der Waals surface area (Å²) in [5.74, 6) is 0.745. The van der Waals surface area contributed by atoms with Crippen LogP contribution in [-0.2, 0) is 0 Å². The van der Waals surface area contributed by atoms with Crippen LogP contribution in [0.5, 0.6) is 0 Å². The first kappa shape index (κ1) is 14.9. The van der Waals surface area contributed by atoms with E-state index < -0.39 is 5.60 Å². The molecule has 1 aliphatic carbocycles. The quantitative estimate of drug-likeness (QED) is 0.634. The summed E-state index contributed by atoms with van der Waals surface area (Å²) in [7, 11) is 3.89. The third kappa shape index (κ3) is 5.82. The lowest BCUT2D eigenvalue weighted by Gasteiger charge is -2.35. The van der Waals surface area contributed by atoms with Crippen molar-refractivity contribution in [1.82, 2.24) is 10.2 Å². The van der Waals surface area contributed by atoms with Crippen LogP contribution in [0.15, 0.2) is 0 Å². The van der Waals surface area contributed by atoms with Crippen molar-refractivity contribution in [1.29, 1.82) is 0 Å². The Labute approximate surface area is 105 Å². The molecule has 1 fully saturated rings. The number of likely N-dealkylation sites (N-methyl/N-ethyl adjacent to an activating group) is 1. The van der Waals surface area contributed by atoms with E-state index in [4.69, 9.17) is 0 Å². The lowest BCUT2D eigenvalue weighted by molar-refractivity contribution is -0.00839. The van der Waals surface area contributed by atoms with Gasteiger partial charge < -0.3 is 20.4 Å². The minimum absolute atomic E-state index is 0.365. The Balaban J connectivity index is 2.17. The van der Waals surface area contributed by atoms with Gasteiger partial charge in [0, 0.05) is 19.6 Å². The van der Waals surface area contributed by atoms with Crippen LogP contribution in [0.4, 0.5) is 0 Å². The highest BCUT2D eigenvalue weighted by atomic mass is 16.3. The average molecular weight is 244 g/mol. The predicted octanol–water partition coefficient (Wildman–Crippen LogP) is 0.440. The number of nitrogens with one attached hydrogen (secondary N) is 1. The normalized spacial score (nSPS) is 31.8. The summed E-state index contributed by atoms with van der Waals surface area (Å²) in [5, 5.41) is 23.2. The second-order valence-corrected chi connectivity index (χ2v) is 5.95. The number of nitrogens with zero attached hydrogens (tertiary/aromatic N) is 1. The molecular formula is C13H28N2O2. The van der Waals surface area contributed by atoms with E-state index in [9.17, 15) is 10.2 Å². The molecule has 4 heteroatoms. The molecule has 4 nitrogen and oxygen atoms in total. The van der Waals surface area contributed by atoms with Crippen molar-refractivity contribution in [3.63, 3.8) is 0 Å².